The van der Waals surface area contributed by atoms with Crippen molar-refractivity contribution in [3.8, 4) is 11.1 Å². The van der Waals surface area contributed by atoms with E-state index in [1.54, 1.807) is 5.56 Å². The minimum atomic E-state index is -0.113. The van der Waals surface area contributed by atoms with Gasteiger partial charge in [-0.25, -0.2) is 0 Å². The maximum absolute atomic E-state index is 4.04. The van der Waals surface area contributed by atoms with Crippen LogP contribution in [0.25, 0.3) is 31.3 Å². The molecule has 49 heavy (non-hydrogen) atoms. The number of para-hydroxylation sites is 2. The second-order valence-electron chi connectivity index (χ2n) is 18.1. The largest absolute Gasteiger partial charge is 0.376 e. The van der Waals surface area contributed by atoms with Gasteiger partial charge in [0.25, 0.3) is 0 Å². The molecule has 0 bridgehead atoms. The highest BCUT2D eigenvalue weighted by Gasteiger charge is 2.49. The number of nitrogens with zero attached hydrogens (tertiary/aromatic N) is 1. The van der Waals surface area contributed by atoms with E-state index in [1.807, 2.05) is 11.3 Å². The number of thiophene rings is 1. The lowest BCUT2D eigenvalue weighted by molar-refractivity contribution is 0.332. The molecule has 1 aliphatic carbocycles. The highest BCUT2D eigenvalue weighted by atomic mass is 32.1. The summed E-state index contributed by atoms with van der Waals surface area (Å²) in [5, 5.41) is 6.85. The average Bonchev–Trinajstić information content (AvgIpc) is 3.43. The molecule has 0 amide bonds. The van der Waals surface area contributed by atoms with Crippen LogP contribution in [0.1, 0.15) is 103 Å². The molecule has 4 aliphatic rings. The molecule has 0 unspecified atom stereocenters. The van der Waals surface area contributed by atoms with E-state index in [2.05, 4.69) is 151 Å². The topological polar surface area (TPSA) is 15.3 Å². The SMILES string of the molecule is CC(C)(C)c1cc2c3c(c1)-c1cccc4c1N(B3c1c(ccc3c1sc1cc5c(cc13)C(C)(C)CCC5(C)C)N2)c1ccccc1C4(C)C. The van der Waals surface area contributed by atoms with Crippen LogP contribution < -0.4 is 21.1 Å². The standard InChI is InChI=1S/C45H45BN2S/c1-42(2,3)25-21-29-26-13-12-15-31-40(26)48(36-16-11-10-14-30(36)45(31,8)9)46-38(29)35(22-25)47-34-18-17-27-28-23-32-33(24-37(28)49-41(27)39(34)46)44(6,7)20-19-43(32,4)5/h10-18,21-24,47H,19-20H2,1-9H3. The van der Waals surface area contributed by atoms with E-state index in [1.165, 1.54) is 100 Å². The molecule has 0 atom stereocenters. The van der Waals surface area contributed by atoms with Crippen molar-refractivity contribution in [1.82, 2.24) is 0 Å². The summed E-state index contributed by atoms with van der Waals surface area (Å²) in [5.41, 5.74) is 18.3. The van der Waals surface area contributed by atoms with Gasteiger partial charge in [0.15, 0.2) is 0 Å². The Morgan fingerprint density at radius 1 is 0.673 bits per heavy atom. The van der Waals surface area contributed by atoms with Crippen LogP contribution >= 0.6 is 11.3 Å². The summed E-state index contributed by atoms with van der Waals surface area (Å²) in [5.74, 6) is 0. The summed E-state index contributed by atoms with van der Waals surface area (Å²) in [4.78, 5) is 2.73. The van der Waals surface area contributed by atoms with Crippen LogP contribution in [0.15, 0.2) is 78.9 Å². The smallest absolute Gasteiger partial charge is 0.334 e. The summed E-state index contributed by atoms with van der Waals surface area (Å²) >= 11 is 2.01. The van der Waals surface area contributed by atoms with E-state index in [9.17, 15) is 0 Å². The summed E-state index contributed by atoms with van der Waals surface area (Å²) < 4.78 is 2.84. The average molecular weight is 657 g/mol. The van der Waals surface area contributed by atoms with Gasteiger partial charge in [-0.1, -0.05) is 111 Å². The molecule has 0 saturated carbocycles. The first-order chi connectivity index (χ1) is 23.2. The van der Waals surface area contributed by atoms with Crippen LogP contribution in [0.4, 0.5) is 22.7 Å². The quantitative estimate of drug-likeness (QED) is 0.164. The lowest BCUT2D eigenvalue weighted by Crippen LogP contribution is -2.62. The van der Waals surface area contributed by atoms with Crippen LogP contribution in [-0.4, -0.2) is 6.85 Å². The van der Waals surface area contributed by atoms with E-state index in [4.69, 9.17) is 0 Å². The zero-order valence-electron chi connectivity index (χ0n) is 30.4. The molecular formula is C45H45BN2S. The minimum absolute atomic E-state index is 0.0247. The monoisotopic (exact) mass is 656 g/mol. The summed E-state index contributed by atoms with van der Waals surface area (Å²) in [6, 6.07) is 31.1. The predicted octanol–water partition coefficient (Wildman–Crippen LogP) is 11.3. The highest BCUT2D eigenvalue weighted by molar-refractivity contribution is 7.27. The van der Waals surface area contributed by atoms with E-state index in [-0.39, 0.29) is 28.5 Å². The van der Waals surface area contributed by atoms with Gasteiger partial charge in [-0.15, -0.1) is 11.3 Å². The molecule has 244 valence electrons. The maximum Gasteiger partial charge on any atom is 0.334 e. The number of hydrogen-bond donors (Lipinski definition) is 1. The van der Waals surface area contributed by atoms with E-state index >= 15 is 0 Å². The summed E-state index contributed by atoms with van der Waals surface area (Å²) in [6.45, 7) is 21.7. The molecular weight excluding hydrogens is 611 g/mol. The lowest BCUT2D eigenvalue weighted by Gasteiger charge is -2.50. The van der Waals surface area contributed by atoms with Crippen LogP contribution in [-0.2, 0) is 21.7 Å². The fourth-order valence-corrected chi connectivity index (χ4v) is 11.1. The van der Waals surface area contributed by atoms with Gasteiger partial charge in [-0.2, -0.15) is 0 Å². The fraction of sp³-hybridized carbons (Fsp3) is 0.333. The third-order valence-corrected chi connectivity index (χ3v) is 14.1. The molecule has 0 radical (unpaired) electrons. The first-order valence-electron chi connectivity index (χ1n) is 18.2. The predicted molar refractivity (Wildman–Crippen MR) is 214 cm³/mol. The zero-order chi connectivity index (χ0) is 34.0. The Morgan fingerprint density at radius 3 is 2.14 bits per heavy atom. The normalized spacial score (nSPS) is 18.7. The van der Waals surface area contributed by atoms with E-state index in [0.29, 0.717) is 0 Å². The Labute approximate surface area is 295 Å². The van der Waals surface area contributed by atoms with Gasteiger partial charge in [0.05, 0.1) is 0 Å². The first kappa shape index (κ1) is 29.9. The van der Waals surface area contributed by atoms with E-state index in [0.717, 1.165) is 0 Å². The molecule has 0 spiro atoms. The molecule has 6 aromatic rings. The molecule has 3 aliphatic heterocycles. The molecule has 4 heterocycles. The van der Waals surface area contributed by atoms with Crippen LogP contribution in [0.2, 0.25) is 0 Å². The Morgan fingerprint density at radius 2 is 1.39 bits per heavy atom. The highest BCUT2D eigenvalue weighted by Crippen LogP contribution is 2.56. The molecule has 2 nitrogen and oxygen atoms in total. The second kappa shape index (κ2) is 9.20. The van der Waals surface area contributed by atoms with Crippen molar-refractivity contribution in [2.45, 2.75) is 96.8 Å². The Bertz CT molecular complexity index is 2450. The van der Waals surface area contributed by atoms with Gasteiger partial charge in [-0.3, -0.25) is 0 Å². The van der Waals surface area contributed by atoms with E-state index < -0.39 is 0 Å². The number of rotatable bonds is 0. The molecule has 0 fully saturated rings. The van der Waals surface area contributed by atoms with Gasteiger partial charge in [0.1, 0.15) is 0 Å². The summed E-state index contributed by atoms with van der Waals surface area (Å²) in [6.07, 6.45) is 2.46. The van der Waals surface area contributed by atoms with Crippen LogP contribution in [0.3, 0.4) is 0 Å². The van der Waals surface area contributed by atoms with Gasteiger partial charge >= 0.3 is 6.85 Å². The Kier molecular flexibility index (Phi) is 5.61. The minimum Gasteiger partial charge on any atom is -0.376 e. The fourth-order valence-electron chi connectivity index (χ4n) is 9.83. The van der Waals surface area contributed by atoms with Crippen molar-refractivity contribution in [2.75, 3.05) is 10.1 Å². The van der Waals surface area contributed by atoms with Crippen molar-refractivity contribution >= 4 is 72.0 Å². The number of anilines is 4. The van der Waals surface area contributed by atoms with Crippen LogP contribution in [0, 0.1) is 0 Å². The van der Waals surface area contributed by atoms with Crippen molar-refractivity contribution in [2.24, 2.45) is 0 Å². The molecule has 0 saturated heterocycles. The molecule has 1 N–H and O–H groups in total. The lowest BCUT2D eigenvalue weighted by atomic mass is 9.42. The third kappa shape index (κ3) is 3.79. The molecule has 5 aromatic carbocycles. The van der Waals surface area contributed by atoms with Crippen molar-refractivity contribution in [1.29, 1.82) is 0 Å². The van der Waals surface area contributed by atoms with Gasteiger partial charge < -0.3 is 10.1 Å². The number of hydrogen-bond acceptors (Lipinski definition) is 3. The second-order valence-corrected chi connectivity index (χ2v) is 19.2. The van der Waals surface area contributed by atoms with Gasteiger partial charge in [0, 0.05) is 53.9 Å². The van der Waals surface area contributed by atoms with Crippen molar-refractivity contribution in [3.05, 3.63) is 107 Å². The number of benzene rings is 5. The van der Waals surface area contributed by atoms with Crippen molar-refractivity contribution < 1.29 is 0 Å². The van der Waals surface area contributed by atoms with Gasteiger partial charge in [-0.05, 0) is 104 Å². The van der Waals surface area contributed by atoms with Crippen LogP contribution in [0.5, 0.6) is 0 Å². The number of nitrogens with one attached hydrogen (secondary N) is 1. The molecule has 4 heteroatoms. The Hall–Kier alpha value is -4.02. The first-order valence-corrected chi connectivity index (χ1v) is 19.0. The summed E-state index contributed by atoms with van der Waals surface area (Å²) in [7, 11) is 0. The maximum atomic E-state index is 4.04. The third-order valence-electron chi connectivity index (χ3n) is 12.8. The molecule has 10 rings (SSSR count). The van der Waals surface area contributed by atoms with Gasteiger partial charge in [0.2, 0.25) is 0 Å². The number of fused-ring (bicyclic) bond motifs is 11. The van der Waals surface area contributed by atoms with Crippen molar-refractivity contribution in [3.63, 3.8) is 0 Å². The Balaban J connectivity index is 1.33. The zero-order valence-corrected chi connectivity index (χ0v) is 31.2. The molecule has 1 aromatic heterocycles.